The number of para-hydroxylation sites is 1. The van der Waals surface area contributed by atoms with Gasteiger partial charge < -0.3 is 15.0 Å². The number of methoxy groups -OCH3 is 1. The monoisotopic (exact) mass is 302 g/mol. The van der Waals surface area contributed by atoms with Crippen molar-refractivity contribution in [1.29, 1.82) is 0 Å². The van der Waals surface area contributed by atoms with Gasteiger partial charge in [0, 0.05) is 31.1 Å². The lowest BCUT2D eigenvalue weighted by Gasteiger charge is -2.30. The minimum atomic E-state index is -0.0898. The molecule has 2 amide bonds. The van der Waals surface area contributed by atoms with E-state index >= 15 is 0 Å². The first-order valence-electron chi connectivity index (χ1n) is 7.88. The maximum Gasteiger partial charge on any atom is 0.228 e. The molecule has 1 atom stereocenters. The van der Waals surface area contributed by atoms with Crippen molar-refractivity contribution in [2.75, 3.05) is 13.7 Å². The van der Waals surface area contributed by atoms with E-state index in [1.54, 1.807) is 7.11 Å². The van der Waals surface area contributed by atoms with Gasteiger partial charge in [0.15, 0.2) is 0 Å². The van der Waals surface area contributed by atoms with Crippen molar-refractivity contribution >= 4 is 11.8 Å². The third kappa shape index (κ3) is 3.24. The Hall–Kier alpha value is -2.04. The van der Waals surface area contributed by atoms with E-state index < -0.39 is 0 Å². The molecule has 1 aromatic rings. The van der Waals surface area contributed by atoms with Crippen molar-refractivity contribution in [3.63, 3.8) is 0 Å². The van der Waals surface area contributed by atoms with Crippen molar-refractivity contribution in [1.82, 2.24) is 10.2 Å². The number of carbonyl (C=O) groups is 2. The third-order valence-corrected chi connectivity index (χ3v) is 4.42. The lowest BCUT2D eigenvalue weighted by molar-refractivity contribution is -0.138. The second-order valence-electron chi connectivity index (χ2n) is 6.05. The van der Waals surface area contributed by atoms with Crippen molar-refractivity contribution in [3.8, 4) is 5.75 Å². The summed E-state index contributed by atoms with van der Waals surface area (Å²) in [6, 6.07) is 8.17. The quantitative estimate of drug-likeness (QED) is 0.901. The predicted molar refractivity (Wildman–Crippen MR) is 82.3 cm³/mol. The van der Waals surface area contributed by atoms with Crippen LogP contribution in [-0.2, 0) is 16.1 Å². The summed E-state index contributed by atoms with van der Waals surface area (Å²) in [5, 5.41) is 2.80. The Kier molecular flexibility index (Phi) is 4.32. The lowest BCUT2D eigenvalue weighted by atomic mass is 9.97. The zero-order valence-corrected chi connectivity index (χ0v) is 12.9. The first-order valence-corrected chi connectivity index (χ1v) is 7.88. The summed E-state index contributed by atoms with van der Waals surface area (Å²) in [6.07, 6.45) is 3.24. The predicted octanol–water partition coefficient (Wildman–Crippen LogP) is 1.71. The molecular formula is C17H22N2O3. The van der Waals surface area contributed by atoms with Crippen LogP contribution in [0.3, 0.4) is 0 Å². The molecule has 0 radical (unpaired) electrons. The molecule has 0 aromatic heterocycles. The Balaban J connectivity index is 1.72. The van der Waals surface area contributed by atoms with Crippen LogP contribution in [0.5, 0.6) is 5.75 Å². The maximum absolute atomic E-state index is 12.8. The molecule has 1 aliphatic carbocycles. The zero-order chi connectivity index (χ0) is 15.5. The Morgan fingerprint density at radius 3 is 2.73 bits per heavy atom. The lowest BCUT2D eigenvalue weighted by Crippen LogP contribution is -2.45. The molecule has 5 heteroatoms. The molecule has 1 N–H and O–H groups in total. The van der Waals surface area contributed by atoms with Crippen LogP contribution in [0.15, 0.2) is 24.3 Å². The number of carbonyl (C=O) groups excluding carboxylic acids is 2. The van der Waals surface area contributed by atoms with E-state index in [2.05, 4.69) is 5.32 Å². The summed E-state index contributed by atoms with van der Waals surface area (Å²) in [5.41, 5.74) is 1.03. The second kappa shape index (κ2) is 6.38. The highest BCUT2D eigenvalue weighted by Gasteiger charge is 2.37. The third-order valence-electron chi connectivity index (χ3n) is 4.42. The van der Waals surface area contributed by atoms with Gasteiger partial charge in [-0.05, 0) is 25.3 Å². The fourth-order valence-corrected chi connectivity index (χ4v) is 2.97. The fourth-order valence-electron chi connectivity index (χ4n) is 2.97. The highest BCUT2D eigenvalue weighted by Crippen LogP contribution is 2.32. The van der Waals surface area contributed by atoms with Gasteiger partial charge in [-0.3, -0.25) is 9.59 Å². The maximum atomic E-state index is 12.8. The molecule has 5 nitrogen and oxygen atoms in total. The van der Waals surface area contributed by atoms with Crippen molar-refractivity contribution in [2.24, 2.45) is 5.92 Å². The second-order valence-corrected chi connectivity index (χ2v) is 6.05. The molecule has 2 fully saturated rings. The number of rotatable bonds is 5. The Morgan fingerprint density at radius 2 is 2.09 bits per heavy atom. The molecule has 3 rings (SSSR count). The number of benzene rings is 1. The normalized spacial score (nSPS) is 21.1. The molecule has 1 aliphatic heterocycles. The van der Waals surface area contributed by atoms with Crippen LogP contribution >= 0.6 is 0 Å². The number of ether oxygens (including phenoxy) is 1. The highest BCUT2D eigenvalue weighted by atomic mass is 16.5. The van der Waals surface area contributed by atoms with Gasteiger partial charge >= 0.3 is 0 Å². The first kappa shape index (κ1) is 14.9. The zero-order valence-electron chi connectivity index (χ0n) is 12.9. The molecule has 1 saturated heterocycles. The van der Waals surface area contributed by atoms with Crippen molar-refractivity contribution < 1.29 is 14.3 Å². The average Bonchev–Trinajstić information content (AvgIpc) is 3.38. The number of amides is 2. The van der Waals surface area contributed by atoms with Gasteiger partial charge in [0.25, 0.3) is 0 Å². The van der Waals surface area contributed by atoms with E-state index in [9.17, 15) is 9.59 Å². The van der Waals surface area contributed by atoms with Gasteiger partial charge in [0.1, 0.15) is 5.75 Å². The summed E-state index contributed by atoms with van der Waals surface area (Å²) in [4.78, 5) is 26.1. The Labute approximate surface area is 130 Å². The molecule has 1 heterocycles. The van der Waals surface area contributed by atoms with Crippen LogP contribution in [0.4, 0.5) is 0 Å². The topological polar surface area (TPSA) is 58.6 Å². The van der Waals surface area contributed by atoms with E-state index in [-0.39, 0.29) is 17.7 Å². The van der Waals surface area contributed by atoms with Gasteiger partial charge in [0.2, 0.25) is 11.8 Å². The van der Waals surface area contributed by atoms with Gasteiger partial charge in [-0.25, -0.2) is 0 Å². The Bertz CT molecular complexity index is 559. The standard InChI is InChI=1S/C17H22N2O3/c1-22-15-5-3-2-4-13(15)11-19(14-7-8-14)17(21)12-6-9-16(20)18-10-12/h2-5,12,14H,6-11H2,1H3,(H,18,20)/t12-/m1/s1. The molecule has 0 unspecified atom stereocenters. The molecule has 0 spiro atoms. The number of hydrogen-bond acceptors (Lipinski definition) is 3. The molecule has 1 saturated carbocycles. The smallest absolute Gasteiger partial charge is 0.228 e. The summed E-state index contributed by atoms with van der Waals surface area (Å²) in [6.45, 7) is 1.05. The molecule has 0 bridgehead atoms. The van der Waals surface area contributed by atoms with Gasteiger partial charge in [-0.1, -0.05) is 18.2 Å². The van der Waals surface area contributed by atoms with Crippen LogP contribution in [0.2, 0.25) is 0 Å². The van der Waals surface area contributed by atoms with Crippen LogP contribution in [0.1, 0.15) is 31.2 Å². The average molecular weight is 302 g/mol. The van der Waals surface area contributed by atoms with Crippen molar-refractivity contribution in [2.45, 2.75) is 38.3 Å². The first-order chi connectivity index (χ1) is 10.7. The van der Waals surface area contributed by atoms with Crippen LogP contribution < -0.4 is 10.1 Å². The van der Waals surface area contributed by atoms with Crippen LogP contribution in [0, 0.1) is 5.92 Å². The summed E-state index contributed by atoms with van der Waals surface area (Å²) >= 11 is 0. The summed E-state index contributed by atoms with van der Waals surface area (Å²) in [7, 11) is 1.65. The molecule has 2 aliphatic rings. The summed E-state index contributed by atoms with van der Waals surface area (Å²) < 4.78 is 5.39. The van der Waals surface area contributed by atoms with Gasteiger partial charge in [-0.2, -0.15) is 0 Å². The van der Waals surface area contributed by atoms with Crippen LogP contribution in [-0.4, -0.2) is 36.4 Å². The minimum absolute atomic E-state index is 0.0479. The summed E-state index contributed by atoms with van der Waals surface area (Å²) in [5.74, 6) is 0.936. The molecule has 1 aromatic carbocycles. The fraction of sp³-hybridized carbons (Fsp3) is 0.529. The number of piperidine rings is 1. The van der Waals surface area contributed by atoms with Gasteiger partial charge in [-0.15, -0.1) is 0 Å². The van der Waals surface area contributed by atoms with Crippen LogP contribution in [0.25, 0.3) is 0 Å². The van der Waals surface area contributed by atoms with E-state index in [1.807, 2.05) is 29.2 Å². The molecular weight excluding hydrogens is 280 g/mol. The largest absolute Gasteiger partial charge is 0.496 e. The number of hydrogen-bond donors (Lipinski definition) is 1. The molecule has 22 heavy (non-hydrogen) atoms. The SMILES string of the molecule is COc1ccccc1CN(C(=O)[C@@H]1CCC(=O)NC1)C1CC1. The number of nitrogens with zero attached hydrogens (tertiary/aromatic N) is 1. The molecule has 118 valence electrons. The minimum Gasteiger partial charge on any atom is -0.496 e. The highest BCUT2D eigenvalue weighted by molar-refractivity contribution is 5.84. The van der Waals surface area contributed by atoms with Crippen molar-refractivity contribution in [3.05, 3.63) is 29.8 Å². The van der Waals surface area contributed by atoms with E-state index in [4.69, 9.17) is 4.74 Å². The number of nitrogens with one attached hydrogen (secondary N) is 1. The van der Waals surface area contributed by atoms with E-state index in [1.165, 1.54) is 0 Å². The van der Waals surface area contributed by atoms with E-state index in [0.29, 0.717) is 32.0 Å². The van der Waals surface area contributed by atoms with Gasteiger partial charge in [0.05, 0.1) is 13.0 Å². The van der Waals surface area contributed by atoms with E-state index in [0.717, 1.165) is 24.2 Å². The Morgan fingerprint density at radius 1 is 1.32 bits per heavy atom.